The van der Waals surface area contributed by atoms with E-state index in [1.54, 1.807) is 24.3 Å². The first-order chi connectivity index (χ1) is 11.0. The van der Waals surface area contributed by atoms with E-state index < -0.39 is 11.0 Å². The van der Waals surface area contributed by atoms with Gasteiger partial charge in [-0.1, -0.05) is 23.7 Å². The standard InChI is InChI=1S/C17H14ClNO4/c18-13-5-1-11(2-6-13)16-9-15(20)10-17(23-16)12-3-7-14(8-4-12)19(21)22/h1-8,16-17H,9-10H2/t16-,17+/m0/s1. The summed E-state index contributed by atoms with van der Waals surface area (Å²) in [6.45, 7) is 0. The second-order valence-corrected chi connectivity index (χ2v) is 5.90. The van der Waals surface area contributed by atoms with Crippen LogP contribution < -0.4 is 0 Å². The van der Waals surface area contributed by atoms with Crippen molar-refractivity contribution in [3.63, 3.8) is 0 Å². The van der Waals surface area contributed by atoms with Gasteiger partial charge in [0.1, 0.15) is 5.78 Å². The minimum absolute atomic E-state index is 0.0186. The summed E-state index contributed by atoms with van der Waals surface area (Å²) in [5, 5.41) is 11.3. The highest BCUT2D eigenvalue weighted by Gasteiger charge is 2.30. The van der Waals surface area contributed by atoms with Crippen LogP contribution in [0.1, 0.15) is 36.2 Å². The predicted octanol–water partition coefficient (Wildman–Crippen LogP) is 4.41. The first-order valence-corrected chi connectivity index (χ1v) is 7.57. The monoisotopic (exact) mass is 331 g/mol. The van der Waals surface area contributed by atoms with Crippen molar-refractivity contribution < 1.29 is 14.5 Å². The fourth-order valence-corrected chi connectivity index (χ4v) is 2.80. The fraction of sp³-hybridized carbons (Fsp3) is 0.235. The van der Waals surface area contributed by atoms with Crippen LogP contribution >= 0.6 is 11.6 Å². The van der Waals surface area contributed by atoms with Crippen LogP contribution in [-0.4, -0.2) is 10.7 Å². The minimum atomic E-state index is -0.451. The van der Waals surface area contributed by atoms with Crippen LogP contribution in [-0.2, 0) is 9.53 Å². The van der Waals surface area contributed by atoms with Crippen molar-refractivity contribution >= 4 is 23.1 Å². The summed E-state index contributed by atoms with van der Waals surface area (Å²) in [4.78, 5) is 22.3. The molecule has 1 aliphatic rings. The number of nitro groups is 1. The maximum absolute atomic E-state index is 12.1. The molecule has 118 valence electrons. The van der Waals surface area contributed by atoms with Crippen molar-refractivity contribution in [3.8, 4) is 0 Å². The lowest BCUT2D eigenvalue weighted by Crippen LogP contribution is -2.23. The third kappa shape index (κ3) is 3.57. The zero-order valence-electron chi connectivity index (χ0n) is 12.1. The molecule has 1 heterocycles. The van der Waals surface area contributed by atoms with E-state index in [9.17, 15) is 14.9 Å². The lowest BCUT2D eigenvalue weighted by atomic mass is 9.94. The Morgan fingerprint density at radius 2 is 1.43 bits per heavy atom. The minimum Gasteiger partial charge on any atom is -0.365 e. The van der Waals surface area contributed by atoms with E-state index in [0.29, 0.717) is 11.4 Å². The van der Waals surface area contributed by atoms with Gasteiger partial charge in [0.25, 0.3) is 5.69 Å². The zero-order chi connectivity index (χ0) is 16.4. The second kappa shape index (κ2) is 6.48. The number of ketones is 1. The van der Waals surface area contributed by atoms with Crippen molar-refractivity contribution in [1.29, 1.82) is 0 Å². The first-order valence-electron chi connectivity index (χ1n) is 7.20. The molecule has 1 fully saturated rings. The zero-order valence-corrected chi connectivity index (χ0v) is 12.9. The molecule has 2 aromatic rings. The van der Waals surface area contributed by atoms with Gasteiger partial charge in [0, 0.05) is 30.0 Å². The Bertz CT molecular complexity index is 727. The van der Waals surface area contributed by atoms with Crippen LogP contribution in [0.4, 0.5) is 5.69 Å². The highest BCUT2D eigenvalue weighted by Crippen LogP contribution is 2.37. The van der Waals surface area contributed by atoms with E-state index >= 15 is 0 Å². The van der Waals surface area contributed by atoms with Gasteiger partial charge >= 0.3 is 0 Å². The topological polar surface area (TPSA) is 69.4 Å². The van der Waals surface area contributed by atoms with Gasteiger partial charge in [0.05, 0.1) is 17.1 Å². The number of nitrogens with zero attached hydrogens (tertiary/aromatic N) is 1. The van der Waals surface area contributed by atoms with E-state index in [0.717, 1.165) is 11.1 Å². The number of ether oxygens (including phenoxy) is 1. The molecule has 0 aliphatic carbocycles. The molecule has 0 N–H and O–H groups in total. The molecule has 0 bridgehead atoms. The molecule has 0 aromatic heterocycles. The molecule has 1 saturated heterocycles. The number of rotatable bonds is 3. The van der Waals surface area contributed by atoms with Crippen molar-refractivity contribution in [2.45, 2.75) is 25.0 Å². The number of nitro benzene ring substituents is 1. The van der Waals surface area contributed by atoms with Gasteiger partial charge in [-0.05, 0) is 35.4 Å². The van der Waals surface area contributed by atoms with Crippen molar-refractivity contribution in [1.82, 2.24) is 0 Å². The summed E-state index contributed by atoms with van der Waals surface area (Å²) in [7, 11) is 0. The molecule has 3 rings (SSSR count). The molecule has 0 saturated carbocycles. The molecule has 23 heavy (non-hydrogen) atoms. The molecular weight excluding hydrogens is 318 g/mol. The van der Waals surface area contributed by atoms with E-state index in [4.69, 9.17) is 16.3 Å². The van der Waals surface area contributed by atoms with Gasteiger partial charge in [-0.2, -0.15) is 0 Å². The quantitative estimate of drug-likeness (QED) is 0.617. The van der Waals surface area contributed by atoms with Crippen LogP contribution in [0.2, 0.25) is 5.02 Å². The number of benzene rings is 2. The summed E-state index contributed by atoms with van der Waals surface area (Å²) in [6.07, 6.45) is -0.112. The molecule has 6 heteroatoms. The molecule has 1 aliphatic heterocycles. The van der Waals surface area contributed by atoms with Gasteiger partial charge in [-0.25, -0.2) is 0 Å². The van der Waals surface area contributed by atoms with E-state index in [-0.39, 0.29) is 24.0 Å². The predicted molar refractivity (Wildman–Crippen MR) is 85.4 cm³/mol. The number of Topliss-reactive ketones (excluding diaryl/α,β-unsaturated/α-hetero) is 1. The number of carbonyl (C=O) groups is 1. The summed E-state index contributed by atoms with van der Waals surface area (Å²) in [5.74, 6) is 0.111. The molecule has 0 spiro atoms. The van der Waals surface area contributed by atoms with Gasteiger partial charge in [-0.3, -0.25) is 14.9 Å². The van der Waals surface area contributed by atoms with Crippen LogP contribution in [0.25, 0.3) is 0 Å². The number of hydrogen-bond acceptors (Lipinski definition) is 4. The number of carbonyl (C=O) groups excluding carboxylic acids is 1. The lowest BCUT2D eigenvalue weighted by Gasteiger charge is -2.30. The Morgan fingerprint density at radius 1 is 0.957 bits per heavy atom. The van der Waals surface area contributed by atoms with Crippen LogP contribution in [0, 0.1) is 10.1 Å². The molecule has 0 unspecified atom stereocenters. The fourth-order valence-electron chi connectivity index (χ4n) is 2.67. The number of hydrogen-bond donors (Lipinski definition) is 0. The Kier molecular flexibility index (Phi) is 4.41. The first kappa shape index (κ1) is 15.6. The molecule has 0 amide bonds. The van der Waals surface area contributed by atoms with E-state index in [1.807, 2.05) is 12.1 Å². The van der Waals surface area contributed by atoms with Crippen LogP contribution in [0.15, 0.2) is 48.5 Å². The Labute approximate surface area is 138 Å². The molecular formula is C17H14ClNO4. The number of non-ortho nitro benzene ring substituents is 1. The van der Waals surface area contributed by atoms with Crippen molar-refractivity contribution in [2.75, 3.05) is 0 Å². The normalized spacial score (nSPS) is 21.2. The average molecular weight is 332 g/mol. The average Bonchev–Trinajstić information content (AvgIpc) is 2.55. The molecule has 2 aromatic carbocycles. The molecule has 2 atom stereocenters. The largest absolute Gasteiger partial charge is 0.365 e. The summed E-state index contributed by atoms with van der Waals surface area (Å²) < 4.78 is 6.04. The van der Waals surface area contributed by atoms with Crippen molar-refractivity contribution in [3.05, 3.63) is 74.8 Å². The van der Waals surface area contributed by atoms with Gasteiger partial charge in [0.2, 0.25) is 0 Å². The maximum atomic E-state index is 12.1. The molecule has 0 radical (unpaired) electrons. The Hall–Kier alpha value is -2.24. The smallest absolute Gasteiger partial charge is 0.269 e. The number of halogens is 1. The van der Waals surface area contributed by atoms with E-state index in [2.05, 4.69) is 0 Å². The van der Waals surface area contributed by atoms with E-state index in [1.165, 1.54) is 12.1 Å². The highest BCUT2D eigenvalue weighted by atomic mass is 35.5. The van der Waals surface area contributed by atoms with Crippen molar-refractivity contribution in [2.24, 2.45) is 0 Å². The van der Waals surface area contributed by atoms with Gasteiger partial charge < -0.3 is 4.74 Å². The van der Waals surface area contributed by atoms with Crippen LogP contribution in [0.5, 0.6) is 0 Å². The van der Waals surface area contributed by atoms with Gasteiger partial charge in [-0.15, -0.1) is 0 Å². The Balaban J connectivity index is 1.81. The van der Waals surface area contributed by atoms with Crippen LogP contribution in [0.3, 0.4) is 0 Å². The third-order valence-electron chi connectivity index (χ3n) is 3.87. The summed E-state index contributed by atoms with van der Waals surface area (Å²) in [5.41, 5.74) is 1.68. The maximum Gasteiger partial charge on any atom is 0.269 e. The highest BCUT2D eigenvalue weighted by molar-refractivity contribution is 6.30. The summed E-state index contributed by atoms with van der Waals surface area (Å²) >= 11 is 5.88. The molecule has 5 nitrogen and oxygen atoms in total. The summed E-state index contributed by atoms with van der Waals surface area (Å²) in [6, 6.07) is 13.3. The van der Waals surface area contributed by atoms with Gasteiger partial charge in [0.15, 0.2) is 0 Å². The third-order valence-corrected chi connectivity index (χ3v) is 4.12. The Morgan fingerprint density at radius 3 is 1.91 bits per heavy atom. The second-order valence-electron chi connectivity index (χ2n) is 5.46. The lowest BCUT2D eigenvalue weighted by molar-refractivity contribution is -0.384. The SMILES string of the molecule is O=C1C[C@@H](c2ccc(Cl)cc2)O[C@@H](c2ccc([N+](=O)[O-])cc2)C1.